The second-order valence-electron chi connectivity index (χ2n) is 11.0. The van der Waals surface area contributed by atoms with Gasteiger partial charge in [-0.2, -0.15) is 0 Å². The number of ether oxygens (including phenoxy) is 1. The van der Waals surface area contributed by atoms with E-state index in [0.717, 1.165) is 24.8 Å². The van der Waals surface area contributed by atoms with Gasteiger partial charge in [-0.25, -0.2) is 0 Å². The average molecular weight is 466 g/mol. The number of rotatable bonds is 5. The number of carbonyl (C=O) groups is 3. The molecule has 7 nitrogen and oxygen atoms in total. The summed E-state index contributed by atoms with van der Waals surface area (Å²) in [5.74, 6) is -0.0925. The second-order valence-corrected chi connectivity index (χ2v) is 11.0. The molecule has 1 aromatic rings. The standard InChI is InChI=1S/C27H35N3O4/c31-25-10-9-24(26(32)29-25)30-15-18-12-16(5-8-22(18)27(30)33)11-17-3-1-2-4-23(17)28-19-13-20-6-7-21(14-19)34-20/h5,8,12,17,19-21,23-24,28H,1-4,6-7,9-11,13-15H2,(H,29,31,32)/t17-,19?,20?,21?,23+,24?/m1/s1. The fourth-order valence-electron chi connectivity index (χ4n) is 7.03. The first-order valence-electron chi connectivity index (χ1n) is 13.2. The highest BCUT2D eigenvalue weighted by Crippen LogP contribution is 2.35. The van der Waals surface area contributed by atoms with E-state index in [2.05, 4.69) is 22.8 Å². The molecule has 2 N–H and O–H groups in total. The van der Waals surface area contributed by atoms with Gasteiger partial charge in [0.15, 0.2) is 0 Å². The molecule has 6 rings (SSSR count). The lowest BCUT2D eigenvalue weighted by atomic mass is 9.79. The maximum atomic E-state index is 13.0. The van der Waals surface area contributed by atoms with Gasteiger partial charge >= 0.3 is 0 Å². The predicted molar refractivity (Wildman–Crippen MR) is 126 cm³/mol. The van der Waals surface area contributed by atoms with Gasteiger partial charge in [-0.05, 0) is 74.5 Å². The second kappa shape index (κ2) is 9.08. The lowest BCUT2D eigenvalue weighted by Crippen LogP contribution is -2.52. The summed E-state index contributed by atoms with van der Waals surface area (Å²) in [6, 6.07) is 6.80. The summed E-state index contributed by atoms with van der Waals surface area (Å²) in [6.45, 7) is 0.450. The Labute approximate surface area is 201 Å². The van der Waals surface area contributed by atoms with Gasteiger partial charge in [-0.15, -0.1) is 0 Å². The van der Waals surface area contributed by atoms with Crippen molar-refractivity contribution in [3.8, 4) is 0 Å². The van der Waals surface area contributed by atoms with Crippen LogP contribution in [0.25, 0.3) is 0 Å². The molecule has 0 aromatic heterocycles. The van der Waals surface area contributed by atoms with E-state index < -0.39 is 6.04 Å². The maximum absolute atomic E-state index is 13.0. The number of piperidine rings is 1. The minimum absolute atomic E-state index is 0.0950. The Morgan fingerprint density at radius 1 is 1.00 bits per heavy atom. The molecule has 5 aliphatic rings. The number of nitrogens with one attached hydrogen (secondary N) is 2. The van der Waals surface area contributed by atoms with Gasteiger partial charge in [0.05, 0.1) is 12.2 Å². The monoisotopic (exact) mass is 465 g/mol. The Morgan fingerprint density at radius 2 is 1.79 bits per heavy atom. The Hall–Kier alpha value is -2.25. The summed E-state index contributed by atoms with van der Waals surface area (Å²) >= 11 is 0. The minimum atomic E-state index is -0.553. The van der Waals surface area contributed by atoms with Crippen molar-refractivity contribution in [3.63, 3.8) is 0 Å². The largest absolute Gasteiger partial charge is 0.375 e. The van der Waals surface area contributed by atoms with Crippen LogP contribution in [0.2, 0.25) is 0 Å². The van der Waals surface area contributed by atoms with Crippen LogP contribution in [-0.2, 0) is 27.3 Å². The van der Waals surface area contributed by atoms with Crippen molar-refractivity contribution in [1.29, 1.82) is 0 Å². The Morgan fingerprint density at radius 3 is 2.59 bits per heavy atom. The van der Waals surface area contributed by atoms with Crippen LogP contribution in [0.5, 0.6) is 0 Å². The van der Waals surface area contributed by atoms with E-state index >= 15 is 0 Å². The van der Waals surface area contributed by atoms with Crippen LogP contribution in [0, 0.1) is 5.92 Å². The third kappa shape index (κ3) is 4.29. The number of benzene rings is 1. The van der Waals surface area contributed by atoms with Crippen molar-refractivity contribution in [2.75, 3.05) is 0 Å². The van der Waals surface area contributed by atoms with Crippen LogP contribution in [0.3, 0.4) is 0 Å². The first-order valence-corrected chi connectivity index (χ1v) is 13.2. The summed E-state index contributed by atoms with van der Waals surface area (Å²) < 4.78 is 6.04. The molecule has 0 radical (unpaired) electrons. The molecule has 4 heterocycles. The summed E-state index contributed by atoms with van der Waals surface area (Å²) in [5.41, 5.74) is 2.99. The number of fused-ring (bicyclic) bond motifs is 3. The van der Waals surface area contributed by atoms with Crippen molar-refractivity contribution in [2.24, 2.45) is 5.92 Å². The predicted octanol–water partition coefficient (Wildman–Crippen LogP) is 2.85. The summed E-state index contributed by atoms with van der Waals surface area (Å²) in [6.07, 6.45) is 12.4. The zero-order valence-electron chi connectivity index (χ0n) is 19.8. The lowest BCUT2D eigenvalue weighted by Gasteiger charge is -2.38. The zero-order valence-corrected chi connectivity index (χ0v) is 19.8. The highest BCUT2D eigenvalue weighted by atomic mass is 16.5. The van der Waals surface area contributed by atoms with Gasteiger partial charge in [0.1, 0.15) is 6.04 Å². The molecule has 1 aromatic carbocycles. The van der Waals surface area contributed by atoms with E-state index in [9.17, 15) is 14.4 Å². The van der Waals surface area contributed by atoms with Crippen LogP contribution in [0.15, 0.2) is 18.2 Å². The van der Waals surface area contributed by atoms with Crippen molar-refractivity contribution in [3.05, 3.63) is 34.9 Å². The molecule has 7 heteroatoms. The quantitative estimate of drug-likeness (QED) is 0.653. The van der Waals surface area contributed by atoms with E-state index in [4.69, 9.17) is 4.74 Å². The molecule has 3 saturated heterocycles. The molecule has 5 atom stereocenters. The topological polar surface area (TPSA) is 87.7 Å². The number of amides is 3. The number of carbonyl (C=O) groups excluding carboxylic acids is 3. The molecular formula is C27H35N3O4. The summed E-state index contributed by atoms with van der Waals surface area (Å²) in [7, 11) is 0. The third-order valence-corrected chi connectivity index (χ3v) is 8.74. The lowest BCUT2D eigenvalue weighted by molar-refractivity contribution is -0.136. The molecule has 182 valence electrons. The average Bonchev–Trinajstić information content (AvgIpc) is 3.33. The molecule has 3 amide bonds. The smallest absolute Gasteiger partial charge is 0.255 e. The Balaban J connectivity index is 1.12. The molecule has 0 spiro atoms. The Kier molecular flexibility index (Phi) is 5.94. The van der Waals surface area contributed by atoms with Gasteiger partial charge in [0.25, 0.3) is 5.91 Å². The SMILES string of the molecule is O=C1CCC(N2Cc3cc(C[C@H]4CCCC[C@@H]4NC4CC5CCC(C4)O5)ccc3C2=O)C(=O)N1. The van der Waals surface area contributed by atoms with Crippen LogP contribution in [0.1, 0.15) is 85.7 Å². The third-order valence-electron chi connectivity index (χ3n) is 8.74. The van der Waals surface area contributed by atoms with E-state index in [1.165, 1.54) is 44.1 Å². The number of nitrogens with zero attached hydrogens (tertiary/aromatic N) is 1. The van der Waals surface area contributed by atoms with Crippen molar-refractivity contribution >= 4 is 17.7 Å². The fraction of sp³-hybridized carbons (Fsp3) is 0.667. The van der Waals surface area contributed by atoms with E-state index in [1.807, 2.05) is 6.07 Å². The van der Waals surface area contributed by atoms with Gasteiger partial charge in [0.2, 0.25) is 11.8 Å². The van der Waals surface area contributed by atoms with E-state index in [-0.39, 0.29) is 24.1 Å². The molecule has 4 fully saturated rings. The van der Waals surface area contributed by atoms with Crippen LogP contribution >= 0.6 is 0 Å². The van der Waals surface area contributed by atoms with Crippen molar-refractivity contribution < 1.29 is 19.1 Å². The first-order chi connectivity index (χ1) is 16.5. The number of hydrogen-bond donors (Lipinski definition) is 2. The van der Waals surface area contributed by atoms with Crippen LogP contribution in [-0.4, -0.2) is 53.0 Å². The molecule has 2 bridgehead atoms. The first kappa shape index (κ1) is 22.2. The highest BCUT2D eigenvalue weighted by molar-refractivity contribution is 6.05. The highest BCUT2D eigenvalue weighted by Gasteiger charge is 2.40. The van der Waals surface area contributed by atoms with Crippen LogP contribution < -0.4 is 10.6 Å². The minimum Gasteiger partial charge on any atom is -0.375 e. The van der Waals surface area contributed by atoms with Gasteiger partial charge in [-0.1, -0.05) is 25.0 Å². The van der Waals surface area contributed by atoms with Gasteiger partial charge < -0.3 is 15.0 Å². The Bertz CT molecular complexity index is 982. The van der Waals surface area contributed by atoms with Gasteiger partial charge in [0, 0.05) is 30.6 Å². The molecule has 3 unspecified atom stereocenters. The normalized spacial score (nSPS) is 35.4. The van der Waals surface area contributed by atoms with Crippen molar-refractivity contribution in [1.82, 2.24) is 15.5 Å². The summed E-state index contributed by atoms with van der Waals surface area (Å²) in [5, 5.41) is 6.41. The molecule has 1 aliphatic carbocycles. The summed E-state index contributed by atoms with van der Waals surface area (Å²) in [4.78, 5) is 38.5. The molecule has 4 aliphatic heterocycles. The van der Waals surface area contributed by atoms with Crippen LogP contribution in [0.4, 0.5) is 0 Å². The van der Waals surface area contributed by atoms with Crippen molar-refractivity contribution in [2.45, 2.75) is 108 Å². The number of imide groups is 1. The van der Waals surface area contributed by atoms with E-state index in [0.29, 0.717) is 48.7 Å². The molecule has 34 heavy (non-hydrogen) atoms. The molecular weight excluding hydrogens is 430 g/mol. The van der Waals surface area contributed by atoms with Gasteiger partial charge in [-0.3, -0.25) is 19.7 Å². The molecule has 1 saturated carbocycles. The fourth-order valence-corrected chi connectivity index (χ4v) is 7.03. The van der Waals surface area contributed by atoms with E-state index in [1.54, 1.807) is 4.90 Å². The maximum Gasteiger partial charge on any atom is 0.255 e. The number of hydrogen-bond acceptors (Lipinski definition) is 5. The zero-order chi connectivity index (χ0) is 23.2.